The number of rotatable bonds is 5. The SMILES string of the molecule is CC(C)CCOc1nc(Cl)ccc1[N+](=O)[O-]. The molecule has 0 aliphatic carbocycles. The molecule has 0 aliphatic rings. The van der Waals surface area contributed by atoms with Gasteiger partial charge in [-0.2, -0.15) is 4.98 Å². The van der Waals surface area contributed by atoms with E-state index < -0.39 is 4.92 Å². The fourth-order valence-electron chi connectivity index (χ4n) is 1.05. The summed E-state index contributed by atoms with van der Waals surface area (Å²) >= 11 is 5.65. The van der Waals surface area contributed by atoms with Gasteiger partial charge in [-0.15, -0.1) is 0 Å². The maximum Gasteiger partial charge on any atom is 0.331 e. The Balaban J connectivity index is 2.76. The molecule has 1 aromatic heterocycles. The minimum absolute atomic E-state index is 0.0156. The van der Waals surface area contributed by atoms with E-state index in [2.05, 4.69) is 4.98 Å². The van der Waals surface area contributed by atoms with E-state index in [0.717, 1.165) is 6.42 Å². The van der Waals surface area contributed by atoms with Gasteiger partial charge in [0.1, 0.15) is 5.15 Å². The molecule has 0 saturated heterocycles. The van der Waals surface area contributed by atoms with E-state index in [1.165, 1.54) is 12.1 Å². The lowest BCUT2D eigenvalue weighted by Gasteiger charge is -2.07. The third-order valence-electron chi connectivity index (χ3n) is 1.94. The average molecular weight is 245 g/mol. The van der Waals surface area contributed by atoms with Crippen molar-refractivity contribution in [2.45, 2.75) is 20.3 Å². The smallest absolute Gasteiger partial charge is 0.331 e. The summed E-state index contributed by atoms with van der Waals surface area (Å²) in [5, 5.41) is 10.9. The number of aromatic nitrogens is 1. The molecule has 1 heterocycles. The van der Waals surface area contributed by atoms with Crippen LogP contribution in [0.2, 0.25) is 5.15 Å². The zero-order valence-electron chi connectivity index (χ0n) is 9.14. The van der Waals surface area contributed by atoms with Gasteiger partial charge in [-0.1, -0.05) is 25.4 Å². The molecule has 0 amide bonds. The molecule has 0 aromatic carbocycles. The lowest BCUT2D eigenvalue weighted by atomic mass is 10.1. The first-order chi connectivity index (χ1) is 7.50. The summed E-state index contributed by atoms with van der Waals surface area (Å²) in [6.45, 7) is 4.48. The van der Waals surface area contributed by atoms with Crippen molar-refractivity contribution in [1.82, 2.24) is 4.98 Å². The lowest BCUT2D eigenvalue weighted by molar-refractivity contribution is -0.386. The quantitative estimate of drug-likeness (QED) is 0.454. The van der Waals surface area contributed by atoms with Gasteiger partial charge in [0, 0.05) is 6.07 Å². The van der Waals surface area contributed by atoms with Crippen LogP contribution in [0.4, 0.5) is 5.69 Å². The zero-order valence-corrected chi connectivity index (χ0v) is 9.90. The monoisotopic (exact) mass is 244 g/mol. The molecule has 0 aliphatic heterocycles. The van der Waals surface area contributed by atoms with Crippen molar-refractivity contribution >= 4 is 17.3 Å². The molecule has 0 atom stereocenters. The van der Waals surface area contributed by atoms with Gasteiger partial charge in [-0.25, -0.2) is 0 Å². The van der Waals surface area contributed by atoms with Crippen molar-refractivity contribution in [2.24, 2.45) is 5.92 Å². The summed E-state index contributed by atoms with van der Waals surface area (Å²) in [4.78, 5) is 13.9. The van der Waals surface area contributed by atoms with Crippen LogP contribution in [0.1, 0.15) is 20.3 Å². The van der Waals surface area contributed by atoms with Gasteiger partial charge in [0.15, 0.2) is 0 Å². The maximum absolute atomic E-state index is 10.7. The number of hydrogen-bond donors (Lipinski definition) is 0. The Kier molecular flexibility index (Phi) is 4.49. The summed E-state index contributed by atoms with van der Waals surface area (Å²) in [6.07, 6.45) is 0.811. The molecule has 0 unspecified atom stereocenters. The van der Waals surface area contributed by atoms with Crippen molar-refractivity contribution in [3.05, 3.63) is 27.4 Å². The maximum atomic E-state index is 10.7. The Morgan fingerprint density at radius 2 is 2.25 bits per heavy atom. The van der Waals surface area contributed by atoms with Crippen molar-refractivity contribution in [2.75, 3.05) is 6.61 Å². The summed E-state index contributed by atoms with van der Waals surface area (Å²) in [7, 11) is 0. The Bertz CT molecular complexity index is 382. The summed E-state index contributed by atoms with van der Waals surface area (Å²) in [5.41, 5.74) is -0.159. The topological polar surface area (TPSA) is 65.3 Å². The molecule has 0 N–H and O–H groups in total. The van der Waals surface area contributed by atoms with Crippen molar-refractivity contribution in [3.63, 3.8) is 0 Å². The van der Waals surface area contributed by atoms with Gasteiger partial charge in [-0.3, -0.25) is 10.1 Å². The number of hydrogen-bond acceptors (Lipinski definition) is 4. The van der Waals surface area contributed by atoms with E-state index in [4.69, 9.17) is 16.3 Å². The minimum atomic E-state index is -0.534. The van der Waals surface area contributed by atoms with E-state index in [0.29, 0.717) is 12.5 Å². The third-order valence-corrected chi connectivity index (χ3v) is 2.15. The normalized spacial score (nSPS) is 10.5. The summed E-state index contributed by atoms with van der Waals surface area (Å²) < 4.78 is 5.25. The summed E-state index contributed by atoms with van der Waals surface area (Å²) in [6, 6.07) is 2.66. The largest absolute Gasteiger partial charge is 0.473 e. The van der Waals surface area contributed by atoms with Crippen LogP contribution < -0.4 is 4.74 Å². The van der Waals surface area contributed by atoms with Crippen molar-refractivity contribution in [3.8, 4) is 5.88 Å². The van der Waals surface area contributed by atoms with Crippen LogP contribution in [0.25, 0.3) is 0 Å². The Labute approximate surface area is 98.5 Å². The van der Waals surface area contributed by atoms with Crippen LogP contribution in [0, 0.1) is 16.0 Å². The Hall–Kier alpha value is -1.36. The molecule has 88 valence electrons. The molecule has 6 heteroatoms. The predicted molar refractivity (Wildman–Crippen MR) is 60.9 cm³/mol. The standard InChI is InChI=1S/C10H13ClN2O3/c1-7(2)5-6-16-10-8(13(14)15)3-4-9(11)12-10/h3-4,7H,5-6H2,1-2H3. The molecular formula is C10H13ClN2O3. The highest BCUT2D eigenvalue weighted by Crippen LogP contribution is 2.26. The molecule has 0 saturated carbocycles. The summed E-state index contributed by atoms with van der Waals surface area (Å²) in [5.74, 6) is 0.455. The van der Waals surface area contributed by atoms with E-state index in [1.54, 1.807) is 0 Å². The predicted octanol–water partition coefficient (Wildman–Crippen LogP) is 3.07. The number of nitro groups is 1. The van der Waals surface area contributed by atoms with E-state index in [1.807, 2.05) is 13.8 Å². The van der Waals surface area contributed by atoms with Crippen molar-refractivity contribution < 1.29 is 9.66 Å². The highest BCUT2D eigenvalue weighted by Gasteiger charge is 2.17. The lowest BCUT2D eigenvalue weighted by Crippen LogP contribution is -2.05. The number of ether oxygens (including phenoxy) is 1. The van der Waals surface area contributed by atoms with Crippen LogP contribution in [0.5, 0.6) is 5.88 Å². The number of nitrogens with zero attached hydrogens (tertiary/aromatic N) is 2. The first-order valence-corrected chi connectivity index (χ1v) is 5.32. The molecule has 1 rings (SSSR count). The molecule has 0 radical (unpaired) electrons. The van der Waals surface area contributed by atoms with Gasteiger partial charge in [0.25, 0.3) is 5.88 Å². The van der Waals surface area contributed by atoms with Gasteiger partial charge >= 0.3 is 5.69 Å². The van der Waals surface area contributed by atoms with Crippen LogP contribution in [-0.2, 0) is 0 Å². The fraction of sp³-hybridized carbons (Fsp3) is 0.500. The van der Waals surface area contributed by atoms with E-state index in [9.17, 15) is 10.1 Å². The molecule has 0 bridgehead atoms. The van der Waals surface area contributed by atoms with Gasteiger partial charge in [0.05, 0.1) is 11.5 Å². The highest BCUT2D eigenvalue weighted by atomic mass is 35.5. The Morgan fingerprint density at radius 1 is 1.56 bits per heavy atom. The second-order valence-electron chi connectivity index (χ2n) is 3.75. The average Bonchev–Trinajstić information content (AvgIpc) is 2.16. The molecule has 5 nitrogen and oxygen atoms in total. The van der Waals surface area contributed by atoms with Gasteiger partial charge < -0.3 is 4.74 Å². The second kappa shape index (κ2) is 5.65. The van der Waals surface area contributed by atoms with Crippen LogP contribution in [0.15, 0.2) is 12.1 Å². The fourth-order valence-corrected chi connectivity index (χ4v) is 1.19. The Morgan fingerprint density at radius 3 is 2.81 bits per heavy atom. The number of pyridine rings is 1. The molecule has 0 spiro atoms. The van der Waals surface area contributed by atoms with E-state index >= 15 is 0 Å². The van der Waals surface area contributed by atoms with Gasteiger partial charge in [0.2, 0.25) is 0 Å². The third kappa shape index (κ3) is 3.66. The molecule has 0 fully saturated rings. The molecule has 16 heavy (non-hydrogen) atoms. The second-order valence-corrected chi connectivity index (χ2v) is 4.13. The zero-order chi connectivity index (χ0) is 12.1. The van der Waals surface area contributed by atoms with Crippen LogP contribution in [0.3, 0.4) is 0 Å². The molecule has 1 aromatic rings. The van der Waals surface area contributed by atoms with E-state index in [-0.39, 0.29) is 16.7 Å². The minimum Gasteiger partial charge on any atom is -0.473 e. The van der Waals surface area contributed by atoms with Gasteiger partial charge in [-0.05, 0) is 18.4 Å². The van der Waals surface area contributed by atoms with Crippen molar-refractivity contribution in [1.29, 1.82) is 0 Å². The number of halogens is 1. The first kappa shape index (κ1) is 12.7. The van der Waals surface area contributed by atoms with Crippen LogP contribution in [-0.4, -0.2) is 16.5 Å². The molecular weight excluding hydrogens is 232 g/mol. The highest BCUT2D eigenvalue weighted by molar-refractivity contribution is 6.29. The van der Waals surface area contributed by atoms with Crippen LogP contribution >= 0.6 is 11.6 Å². The first-order valence-electron chi connectivity index (χ1n) is 4.94.